The summed E-state index contributed by atoms with van der Waals surface area (Å²) in [5.41, 5.74) is 2.45. The van der Waals surface area contributed by atoms with Crippen LogP contribution in [-0.2, 0) is 9.53 Å². The summed E-state index contributed by atoms with van der Waals surface area (Å²) >= 11 is 0. The van der Waals surface area contributed by atoms with Gasteiger partial charge < -0.3 is 19.8 Å². The molecule has 2 aliphatic carbocycles. The third-order valence-corrected chi connectivity index (χ3v) is 6.14. The van der Waals surface area contributed by atoms with Crippen molar-refractivity contribution < 1.29 is 23.5 Å². The van der Waals surface area contributed by atoms with Gasteiger partial charge in [-0.3, -0.25) is 19.5 Å². The number of benzene rings is 1. The standard InChI is InChI=1S/C24H25N5O5/c1-33-20(30)12-25-23(32)19-11-26-24(34-19)16-4-2-3-15(9-16)17-10-18(29-28-17)22(31)27-21(13-5-6-13)14-7-8-14/h2-4,9-11,13-14,21H,5-8,12H2,1H3,(H,25,32)(H,27,31)(H,28,29). The van der Waals surface area contributed by atoms with Crippen LogP contribution in [0.1, 0.15) is 46.7 Å². The van der Waals surface area contributed by atoms with Crippen molar-refractivity contribution in [1.82, 2.24) is 25.8 Å². The molecular weight excluding hydrogens is 438 g/mol. The van der Waals surface area contributed by atoms with Gasteiger partial charge in [0.2, 0.25) is 11.7 Å². The lowest BCUT2D eigenvalue weighted by molar-refractivity contribution is -0.139. The summed E-state index contributed by atoms with van der Waals surface area (Å²) in [6.07, 6.45) is 6.06. The van der Waals surface area contributed by atoms with E-state index in [-0.39, 0.29) is 30.1 Å². The minimum atomic E-state index is -0.570. The van der Waals surface area contributed by atoms with Crippen molar-refractivity contribution in [3.63, 3.8) is 0 Å². The third-order valence-electron chi connectivity index (χ3n) is 6.14. The zero-order chi connectivity index (χ0) is 23.7. The number of carbonyl (C=O) groups excluding carboxylic acids is 3. The van der Waals surface area contributed by atoms with Crippen molar-refractivity contribution in [2.75, 3.05) is 13.7 Å². The lowest BCUT2D eigenvalue weighted by atomic mass is 10.1. The fraction of sp³-hybridized carbons (Fsp3) is 0.375. The van der Waals surface area contributed by atoms with E-state index in [1.807, 2.05) is 18.2 Å². The maximum Gasteiger partial charge on any atom is 0.325 e. The number of H-pyrrole nitrogens is 1. The van der Waals surface area contributed by atoms with Crippen molar-refractivity contribution in [1.29, 1.82) is 0 Å². The van der Waals surface area contributed by atoms with Crippen LogP contribution in [-0.4, -0.2) is 52.7 Å². The van der Waals surface area contributed by atoms with Crippen LogP contribution in [0.3, 0.4) is 0 Å². The van der Waals surface area contributed by atoms with Gasteiger partial charge >= 0.3 is 5.97 Å². The average molecular weight is 463 g/mol. The Balaban J connectivity index is 1.27. The quantitative estimate of drug-likeness (QED) is 0.414. The van der Waals surface area contributed by atoms with E-state index in [1.54, 1.807) is 12.1 Å². The van der Waals surface area contributed by atoms with E-state index in [2.05, 4.69) is 30.6 Å². The van der Waals surface area contributed by atoms with Gasteiger partial charge in [-0.05, 0) is 55.7 Å². The number of methoxy groups -OCH3 is 1. The Labute approximate surface area is 195 Å². The summed E-state index contributed by atoms with van der Waals surface area (Å²) in [4.78, 5) is 40.2. The van der Waals surface area contributed by atoms with E-state index < -0.39 is 11.9 Å². The average Bonchev–Trinajstić information content (AvgIpc) is 3.78. The monoisotopic (exact) mass is 463 g/mol. The Morgan fingerprint density at radius 2 is 1.85 bits per heavy atom. The number of aromatic amines is 1. The molecule has 34 heavy (non-hydrogen) atoms. The molecule has 10 nitrogen and oxygen atoms in total. The molecule has 2 aliphatic rings. The molecule has 2 saturated carbocycles. The van der Waals surface area contributed by atoms with E-state index in [4.69, 9.17) is 4.42 Å². The fourth-order valence-electron chi connectivity index (χ4n) is 3.98. The molecule has 3 N–H and O–H groups in total. The van der Waals surface area contributed by atoms with Gasteiger partial charge in [0.1, 0.15) is 12.2 Å². The van der Waals surface area contributed by atoms with Crippen LogP contribution in [0, 0.1) is 11.8 Å². The van der Waals surface area contributed by atoms with Gasteiger partial charge in [-0.1, -0.05) is 12.1 Å². The van der Waals surface area contributed by atoms with Crippen LogP contribution in [0.15, 0.2) is 40.9 Å². The molecule has 5 rings (SSSR count). The van der Waals surface area contributed by atoms with E-state index in [0.29, 0.717) is 28.8 Å². The lowest BCUT2D eigenvalue weighted by Crippen LogP contribution is -2.38. The summed E-state index contributed by atoms with van der Waals surface area (Å²) < 4.78 is 10.1. The Hall–Kier alpha value is -3.95. The highest BCUT2D eigenvalue weighted by Gasteiger charge is 2.42. The molecule has 1 aromatic carbocycles. The molecular formula is C24H25N5O5. The molecule has 0 saturated heterocycles. The molecule has 2 heterocycles. The topological polar surface area (TPSA) is 139 Å². The number of rotatable bonds is 9. The largest absolute Gasteiger partial charge is 0.468 e. The van der Waals surface area contributed by atoms with Gasteiger partial charge in [0.15, 0.2) is 0 Å². The molecule has 0 unspecified atom stereocenters. The normalized spacial score (nSPS) is 15.2. The Kier molecular flexibility index (Phi) is 5.87. The number of esters is 1. The number of ether oxygens (including phenoxy) is 1. The van der Waals surface area contributed by atoms with Crippen LogP contribution < -0.4 is 10.6 Å². The zero-order valence-corrected chi connectivity index (χ0v) is 18.7. The van der Waals surface area contributed by atoms with Crippen molar-refractivity contribution in [3.8, 4) is 22.7 Å². The smallest absolute Gasteiger partial charge is 0.325 e. The molecule has 0 bridgehead atoms. The van der Waals surface area contributed by atoms with Crippen LogP contribution in [0.2, 0.25) is 0 Å². The molecule has 0 radical (unpaired) electrons. The van der Waals surface area contributed by atoms with Crippen LogP contribution >= 0.6 is 0 Å². The van der Waals surface area contributed by atoms with Gasteiger partial charge in [-0.2, -0.15) is 5.10 Å². The summed E-state index contributed by atoms with van der Waals surface area (Å²) in [6.45, 7) is -0.266. The first-order chi connectivity index (χ1) is 16.5. The van der Waals surface area contributed by atoms with E-state index >= 15 is 0 Å². The van der Waals surface area contributed by atoms with E-state index in [0.717, 1.165) is 5.56 Å². The fourth-order valence-corrected chi connectivity index (χ4v) is 3.98. The Morgan fingerprint density at radius 3 is 2.56 bits per heavy atom. The van der Waals surface area contributed by atoms with Crippen molar-refractivity contribution >= 4 is 17.8 Å². The van der Waals surface area contributed by atoms with E-state index in [1.165, 1.54) is 39.0 Å². The number of carbonyl (C=O) groups is 3. The van der Waals surface area contributed by atoms with Gasteiger partial charge in [0.05, 0.1) is 19.0 Å². The molecule has 0 atom stereocenters. The van der Waals surface area contributed by atoms with Crippen molar-refractivity contribution in [3.05, 3.63) is 48.0 Å². The molecule has 3 aromatic rings. The highest BCUT2D eigenvalue weighted by atomic mass is 16.5. The number of nitrogens with zero attached hydrogens (tertiary/aromatic N) is 2. The molecule has 176 valence electrons. The SMILES string of the molecule is COC(=O)CNC(=O)c1cnc(-c2cccc(-c3cc(C(=O)NC(C4CC4)C4CC4)[nH]n3)c2)o1. The number of aromatic nitrogens is 3. The molecule has 2 fully saturated rings. The maximum atomic E-state index is 12.8. The van der Waals surface area contributed by atoms with Crippen LogP contribution in [0.25, 0.3) is 22.7 Å². The Bertz CT molecular complexity index is 1210. The second-order valence-corrected chi connectivity index (χ2v) is 8.71. The van der Waals surface area contributed by atoms with Gasteiger partial charge in [0.25, 0.3) is 11.8 Å². The van der Waals surface area contributed by atoms with E-state index in [9.17, 15) is 14.4 Å². The number of hydrogen-bond acceptors (Lipinski definition) is 7. The highest BCUT2D eigenvalue weighted by Crippen LogP contribution is 2.44. The number of amides is 2. The second kappa shape index (κ2) is 9.12. The summed E-state index contributed by atoms with van der Waals surface area (Å²) in [7, 11) is 1.24. The molecule has 2 aromatic heterocycles. The number of oxazole rings is 1. The van der Waals surface area contributed by atoms with Gasteiger partial charge in [-0.15, -0.1) is 0 Å². The van der Waals surface area contributed by atoms with Gasteiger partial charge in [0, 0.05) is 17.2 Å². The van der Waals surface area contributed by atoms with Crippen LogP contribution in [0.4, 0.5) is 0 Å². The predicted octanol–water partition coefficient (Wildman–Crippen LogP) is 2.55. The second-order valence-electron chi connectivity index (χ2n) is 8.71. The minimum absolute atomic E-state index is 0.0242. The first-order valence-electron chi connectivity index (χ1n) is 11.3. The van der Waals surface area contributed by atoms with Crippen LogP contribution in [0.5, 0.6) is 0 Å². The summed E-state index contributed by atoms with van der Waals surface area (Å²) in [5, 5.41) is 12.7. The minimum Gasteiger partial charge on any atom is -0.468 e. The van der Waals surface area contributed by atoms with Gasteiger partial charge in [-0.25, -0.2) is 4.98 Å². The summed E-state index contributed by atoms with van der Waals surface area (Å²) in [6, 6.07) is 9.29. The van der Waals surface area contributed by atoms with Crippen molar-refractivity contribution in [2.45, 2.75) is 31.7 Å². The molecule has 0 aliphatic heterocycles. The highest BCUT2D eigenvalue weighted by molar-refractivity contribution is 5.94. The molecule has 0 spiro atoms. The maximum absolute atomic E-state index is 12.8. The molecule has 2 amide bonds. The number of hydrogen-bond donors (Lipinski definition) is 3. The predicted molar refractivity (Wildman–Crippen MR) is 121 cm³/mol. The lowest BCUT2D eigenvalue weighted by Gasteiger charge is -2.16. The Morgan fingerprint density at radius 1 is 1.12 bits per heavy atom. The number of nitrogens with one attached hydrogen (secondary N) is 3. The van der Waals surface area contributed by atoms with Crippen molar-refractivity contribution in [2.24, 2.45) is 11.8 Å². The summed E-state index contributed by atoms with van der Waals surface area (Å²) in [5.74, 6) is 0.183. The first-order valence-corrected chi connectivity index (χ1v) is 11.3. The third kappa shape index (κ3) is 4.85. The first kappa shape index (κ1) is 21.9. The zero-order valence-electron chi connectivity index (χ0n) is 18.7. The molecule has 10 heteroatoms.